The summed E-state index contributed by atoms with van der Waals surface area (Å²) in [6.45, 7) is 0.484. The van der Waals surface area contributed by atoms with Crippen molar-refractivity contribution in [1.82, 2.24) is 15.3 Å². The van der Waals surface area contributed by atoms with E-state index in [0.29, 0.717) is 24.3 Å². The van der Waals surface area contributed by atoms with Crippen molar-refractivity contribution < 1.29 is 14.3 Å². The second kappa shape index (κ2) is 9.75. The van der Waals surface area contributed by atoms with E-state index in [0.717, 1.165) is 16.4 Å². The van der Waals surface area contributed by atoms with E-state index in [-0.39, 0.29) is 24.5 Å². The molecule has 0 saturated heterocycles. The van der Waals surface area contributed by atoms with Gasteiger partial charge in [-0.1, -0.05) is 18.2 Å². The predicted molar refractivity (Wildman–Crippen MR) is 109 cm³/mol. The Bertz CT molecular complexity index is 941. The molecule has 2 aromatic heterocycles. The molecule has 1 aromatic carbocycles. The van der Waals surface area contributed by atoms with Crippen LogP contribution in [-0.2, 0) is 11.2 Å². The van der Waals surface area contributed by atoms with Gasteiger partial charge in [0.15, 0.2) is 5.78 Å². The number of methoxy groups -OCH3 is 1. The highest BCUT2D eigenvalue weighted by atomic mass is 32.1. The smallest absolute Gasteiger partial charge is 0.220 e. The summed E-state index contributed by atoms with van der Waals surface area (Å²) < 4.78 is 5.12. The summed E-state index contributed by atoms with van der Waals surface area (Å²) >= 11 is 1.54. The number of carbonyl (C=O) groups excluding carboxylic acids is 2. The molecule has 0 spiro atoms. The molecule has 3 aromatic rings. The predicted octanol–water partition coefficient (Wildman–Crippen LogP) is 3.54. The molecule has 7 heteroatoms. The van der Waals surface area contributed by atoms with Crippen molar-refractivity contribution in [3.05, 3.63) is 65.3 Å². The summed E-state index contributed by atoms with van der Waals surface area (Å²) in [5.41, 5.74) is 2.31. The van der Waals surface area contributed by atoms with Crippen molar-refractivity contribution in [2.75, 3.05) is 13.7 Å². The Balaban J connectivity index is 1.41. The lowest BCUT2D eigenvalue weighted by Crippen LogP contribution is -2.26. The molecule has 0 saturated carbocycles. The first kappa shape index (κ1) is 19.7. The van der Waals surface area contributed by atoms with Crippen LogP contribution >= 0.6 is 11.3 Å². The molecule has 0 fully saturated rings. The fourth-order valence-corrected chi connectivity index (χ4v) is 3.44. The lowest BCUT2D eigenvalue weighted by Gasteiger charge is -2.05. The van der Waals surface area contributed by atoms with Gasteiger partial charge in [-0.15, -0.1) is 11.3 Å². The van der Waals surface area contributed by atoms with Crippen LogP contribution in [0.1, 0.15) is 28.9 Å². The first-order valence-electron chi connectivity index (χ1n) is 8.95. The topological polar surface area (TPSA) is 81.2 Å². The number of aromatic nitrogens is 2. The number of hydrogen-bond acceptors (Lipinski definition) is 6. The van der Waals surface area contributed by atoms with Crippen LogP contribution < -0.4 is 10.1 Å². The molecule has 0 unspecified atom stereocenters. The molecule has 0 aliphatic heterocycles. The van der Waals surface area contributed by atoms with Crippen LogP contribution in [0.5, 0.6) is 5.75 Å². The van der Waals surface area contributed by atoms with E-state index in [1.807, 2.05) is 23.6 Å². The van der Waals surface area contributed by atoms with E-state index in [1.54, 1.807) is 37.6 Å². The Kier molecular flexibility index (Phi) is 6.86. The molecule has 0 radical (unpaired) electrons. The fraction of sp³-hybridized carbons (Fsp3) is 0.238. The van der Waals surface area contributed by atoms with E-state index in [9.17, 15) is 9.59 Å². The van der Waals surface area contributed by atoms with E-state index in [1.165, 1.54) is 11.3 Å². The van der Waals surface area contributed by atoms with Crippen LogP contribution in [0.2, 0.25) is 0 Å². The number of ether oxygens (including phenoxy) is 1. The second-order valence-corrected chi connectivity index (χ2v) is 6.97. The van der Waals surface area contributed by atoms with Gasteiger partial charge in [-0.2, -0.15) is 0 Å². The summed E-state index contributed by atoms with van der Waals surface area (Å²) in [5.74, 6) is 0.411. The van der Waals surface area contributed by atoms with Crippen LogP contribution in [0.4, 0.5) is 0 Å². The number of hydrogen-bond donors (Lipinski definition) is 1. The minimum Gasteiger partial charge on any atom is -0.497 e. The zero-order chi connectivity index (χ0) is 19.8. The van der Waals surface area contributed by atoms with Gasteiger partial charge in [0.25, 0.3) is 0 Å². The van der Waals surface area contributed by atoms with Gasteiger partial charge in [-0.25, -0.2) is 4.98 Å². The first-order valence-corrected chi connectivity index (χ1v) is 9.83. The van der Waals surface area contributed by atoms with Crippen LogP contribution in [0.25, 0.3) is 10.7 Å². The summed E-state index contributed by atoms with van der Waals surface area (Å²) in [6, 6.07) is 12.7. The van der Waals surface area contributed by atoms with E-state index in [2.05, 4.69) is 15.3 Å². The Morgan fingerprint density at radius 3 is 2.82 bits per heavy atom. The molecule has 144 valence electrons. The number of Topliss-reactive ketones (excluding diaryl/α,β-unsaturated/α-hetero) is 1. The number of amides is 1. The van der Waals surface area contributed by atoms with Gasteiger partial charge >= 0.3 is 0 Å². The number of benzene rings is 1. The van der Waals surface area contributed by atoms with E-state index >= 15 is 0 Å². The molecule has 3 rings (SSSR count). The zero-order valence-corrected chi connectivity index (χ0v) is 16.4. The molecule has 1 N–H and O–H groups in total. The van der Waals surface area contributed by atoms with Gasteiger partial charge in [0.1, 0.15) is 10.8 Å². The van der Waals surface area contributed by atoms with Crippen LogP contribution in [0.3, 0.4) is 0 Å². The minimum atomic E-state index is -0.142. The molecular formula is C21H21N3O3S. The molecule has 6 nitrogen and oxygen atoms in total. The Morgan fingerprint density at radius 1 is 1.14 bits per heavy atom. The van der Waals surface area contributed by atoms with Gasteiger partial charge in [0.05, 0.1) is 18.5 Å². The van der Waals surface area contributed by atoms with E-state index in [4.69, 9.17) is 4.74 Å². The number of nitrogens with zero attached hydrogens (tertiary/aromatic N) is 2. The maximum absolute atomic E-state index is 12.2. The average molecular weight is 395 g/mol. The molecule has 0 aliphatic carbocycles. The third-order valence-corrected chi connectivity index (χ3v) is 5.02. The largest absolute Gasteiger partial charge is 0.497 e. The highest BCUT2D eigenvalue weighted by molar-refractivity contribution is 7.13. The first-order chi connectivity index (χ1) is 13.7. The van der Waals surface area contributed by atoms with Gasteiger partial charge in [0.2, 0.25) is 5.91 Å². The number of rotatable bonds is 9. The van der Waals surface area contributed by atoms with Gasteiger partial charge in [0, 0.05) is 42.9 Å². The van der Waals surface area contributed by atoms with Gasteiger partial charge < -0.3 is 10.1 Å². The summed E-state index contributed by atoms with van der Waals surface area (Å²) in [7, 11) is 1.55. The molecule has 2 heterocycles. The van der Waals surface area contributed by atoms with Crippen LogP contribution in [-0.4, -0.2) is 35.3 Å². The SMILES string of the molecule is COc1cccc(C(=O)CCC(=O)NCCc2csc(-c3ccccn3)n2)c1. The summed E-state index contributed by atoms with van der Waals surface area (Å²) in [6.07, 6.45) is 2.70. The Hall–Kier alpha value is -3.06. The standard InChI is InChI=1S/C21H21N3O3S/c1-27-17-6-4-5-15(13-17)19(25)8-9-20(26)23-12-10-16-14-28-21(24-16)18-7-2-3-11-22-18/h2-7,11,13-14H,8-10,12H2,1H3,(H,23,26). The number of ketones is 1. The quantitative estimate of drug-likeness (QED) is 0.561. The third-order valence-electron chi connectivity index (χ3n) is 4.11. The fourth-order valence-electron chi connectivity index (χ4n) is 2.62. The highest BCUT2D eigenvalue weighted by Gasteiger charge is 2.11. The van der Waals surface area contributed by atoms with Crippen molar-refractivity contribution in [1.29, 1.82) is 0 Å². The lowest BCUT2D eigenvalue weighted by molar-refractivity contribution is -0.121. The summed E-state index contributed by atoms with van der Waals surface area (Å²) in [4.78, 5) is 33.0. The van der Waals surface area contributed by atoms with Crippen LogP contribution in [0, 0.1) is 0 Å². The summed E-state index contributed by atoms with van der Waals surface area (Å²) in [5, 5.41) is 5.68. The molecular weight excluding hydrogens is 374 g/mol. The number of nitrogens with one attached hydrogen (secondary N) is 1. The molecule has 0 aliphatic rings. The third kappa shape index (κ3) is 5.47. The molecule has 28 heavy (non-hydrogen) atoms. The molecule has 1 amide bonds. The monoisotopic (exact) mass is 395 g/mol. The second-order valence-electron chi connectivity index (χ2n) is 6.11. The van der Waals surface area contributed by atoms with Gasteiger partial charge in [-0.05, 0) is 24.3 Å². The Labute approximate surface area is 167 Å². The number of carbonyl (C=O) groups is 2. The normalized spacial score (nSPS) is 10.5. The maximum Gasteiger partial charge on any atom is 0.220 e. The lowest BCUT2D eigenvalue weighted by atomic mass is 10.1. The van der Waals surface area contributed by atoms with Crippen molar-refractivity contribution in [2.45, 2.75) is 19.3 Å². The minimum absolute atomic E-state index is 0.0754. The highest BCUT2D eigenvalue weighted by Crippen LogP contribution is 2.21. The van der Waals surface area contributed by atoms with Crippen molar-refractivity contribution in [2.24, 2.45) is 0 Å². The van der Waals surface area contributed by atoms with Crippen molar-refractivity contribution in [3.63, 3.8) is 0 Å². The average Bonchev–Trinajstić information content (AvgIpc) is 3.21. The van der Waals surface area contributed by atoms with Crippen molar-refractivity contribution >= 4 is 23.0 Å². The van der Waals surface area contributed by atoms with E-state index < -0.39 is 0 Å². The van der Waals surface area contributed by atoms with Crippen molar-refractivity contribution in [3.8, 4) is 16.5 Å². The van der Waals surface area contributed by atoms with Gasteiger partial charge in [-0.3, -0.25) is 14.6 Å². The number of pyridine rings is 1. The zero-order valence-electron chi connectivity index (χ0n) is 15.6. The number of thiazole rings is 1. The molecule has 0 bridgehead atoms. The molecule has 0 atom stereocenters. The Morgan fingerprint density at radius 2 is 2.04 bits per heavy atom. The van der Waals surface area contributed by atoms with Crippen LogP contribution in [0.15, 0.2) is 54.0 Å². The maximum atomic E-state index is 12.2.